The second kappa shape index (κ2) is 6.02. The molecule has 1 aromatic carbocycles. The third kappa shape index (κ3) is 3.23. The van der Waals surface area contributed by atoms with E-state index in [0.717, 1.165) is 9.75 Å². The fraction of sp³-hybridized carbons (Fsp3) is 0.167. The van der Waals surface area contributed by atoms with Crippen LogP contribution in [-0.4, -0.2) is 0 Å². The number of thiophene rings is 1. The summed E-state index contributed by atoms with van der Waals surface area (Å²) in [4.78, 5) is 2.13. The van der Waals surface area contributed by atoms with Crippen molar-refractivity contribution in [1.82, 2.24) is 0 Å². The summed E-state index contributed by atoms with van der Waals surface area (Å²) >= 11 is 10.5. The Hall–Kier alpha value is -0.620. The van der Waals surface area contributed by atoms with Gasteiger partial charge < -0.3 is 10.5 Å². The molecule has 0 fully saturated rings. The van der Waals surface area contributed by atoms with Gasteiger partial charge in [0.05, 0.1) is 9.50 Å². The minimum atomic E-state index is -0.497. The van der Waals surface area contributed by atoms with Crippen LogP contribution in [0.5, 0.6) is 5.75 Å². The van der Waals surface area contributed by atoms with Crippen LogP contribution in [0, 0.1) is 5.82 Å². The van der Waals surface area contributed by atoms with Gasteiger partial charge in [0.15, 0.2) is 0 Å². The van der Waals surface area contributed by atoms with E-state index in [0.29, 0.717) is 23.4 Å². The quantitative estimate of drug-likeness (QED) is 0.833. The van der Waals surface area contributed by atoms with Crippen molar-refractivity contribution in [3.8, 4) is 5.75 Å². The highest BCUT2D eigenvalue weighted by atomic mass is 79.9. The number of nitrogens with two attached hydrogens (primary N) is 1. The van der Waals surface area contributed by atoms with Gasteiger partial charge in [-0.15, -0.1) is 11.3 Å². The Morgan fingerprint density at radius 2 is 2.06 bits per heavy atom. The van der Waals surface area contributed by atoms with E-state index in [4.69, 9.17) is 22.1 Å². The van der Waals surface area contributed by atoms with Crippen LogP contribution in [0.25, 0.3) is 0 Å². The van der Waals surface area contributed by atoms with Gasteiger partial charge in [-0.2, -0.15) is 0 Å². The molecule has 0 unspecified atom stereocenters. The molecule has 0 radical (unpaired) electrons. The van der Waals surface area contributed by atoms with Crippen molar-refractivity contribution in [2.75, 3.05) is 0 Å². The summed E-state index contributed by atoms with van der Waals surface area (Å²) in [5.74, 6) is -0.0664. The number of halogens is 3. The highest BCUT2D eigenvalue weighted by Crippen LogP contribution is 2.31. The van der Waals surface area contributed by atoms with Crippen LogP contribution in [0.15, 0.2) is 28.7 Å². The minimum absolute atomic E-state index is 0.0655. The predicted octanol–water partition coefficient (Wildman–Crippen LogP) is 4.34. The van der Waals surface area contributed by atoms with Gasteiger partial charge in [0.2, 0.25) is 0 Å². The molecule has 1 heterocycles. The van der Waals surface area contributed by atoms with Crippen molar-refractivity contribution in [1.29, 1.82) is 0 Å². The molecular formula is C12H10BrClFNOS. The monoisotopic (exact) mass is 349 g/mol. The Bertz CT molecular complexity index is 561. The fourth-order valence-electron chi connectivity index (χ4n) is 1.37. The maximum atomic E-state index is 13.3. The molecule has 2 aromatic rings. The molecule has 2 N–H and O–H groups in total. The van der Waals surface area contributed by atoms with Gasteiger partial charge in [0.1, 0.15) is 18.2 Å². The number of hydrogen-bond acceptors (Lipinski definition) is 3. The second-order valence-corrected chi connectivity index (χ2v) is 6.07. The average Bonchev–Trinajstić information content (AvgIpc) is 2.80. The number of hydrogen-bond donors (Lipinski definition) is 1. The summed E-state index contributed by atoms with van der Waals surface area (Å²) in [5.41, 5.74) is 5.53. The van der Waals surface area contributed by atoms with Crippen molar-refractivity contribution < 1.29 is 9.13 Å². The fourth-order valence-corrected chi connectivity index (χ4v) is 2.94. The largest absolute Gasteiger partial charge is 0.487 e. The Morgan fingerprint density at radius 1 is 1.33 bits per heavy atom. The lowest BCUT2D eigenvalue weighted by atomic mass is 10.3. The van der Waals surface area contributed by atoms with Gasteiger partial charge in [-0.1, -0.05) is 11.6 Å². The van der Waals surface area contributed by atoms with Gasteiger partial charge >= 0.3 is 0 Å². The van der Waals surface area contributed by atoms with Gasteiger partial charge in [-0.25, -0.2) is 4.39 Å². The first-order chi connectivity index (χ1) is 8.60. The Balaban J connectivity index is 2.08. The molecular weight excluding hydrogens is 341 g/mol. The van der Waals surface area contributed by atoms with Gasteiger partial charge in [-0.05, 0) is 34.1 Å². The Kier molecular flexibility index (Phi) is 4.61. The van der Waals surface area contributed by atoms with Gasteiger partial charge in [-0.3, -0.25) is 0 Å². The van der Waals surface area contributed by atoms with Crippen molar-refractivity contribution in [2.45, 2.75) is 13.2 Å². The lowest BCUT2D eigenvalue weighted by Gasteiger charge is -2.07. The average molecular weight is 351 g/mol. The molecule has 18 heavy (non-hydrogen) atoms. The molecule has 0 atom stereocenters. The van der Waals surface area contributed by atoms with Crippen LogP contribution < -0.4 is 10.5 Å². The third-order valence-corrected chi connectivity index (χ3v) is 4.25. The Morgan fingerprint density at radius 3 is 2.72 bits per heavy atom. The van der Waals surface area contributed by atoms with Crippen LogP contribution in [-0.2, 0) is 13.2 Å². The Labute approximate surface area is 122 Å². The molecule has 0 saturated heterocycles. The molecule has 0 aliphatic rings. The van der Waals surface area contributed by atoms with E-state index in [9.17, 15) is 4.39 Å². The zero-order valence-corrected chi connectivity index (χ0v) is 12.4. The molecule has 0 amide bonds. The van der Waals surface area contributed by atoms with Crippen LogP contribution in [0.1, 0.15) is 9.75 Å². The summed E-state index contributed by atoms with van der Waals surface area (Å²) in [6.45, 7) is 0.897. The van der Waals surface area contributed by atoms with Crippen LogP contribution in [0.2, 0.25) is 5.02 Å². The van der Waals surface area contributed by atoms with Crippen LogP contribution in [0.3, 0.4) is 0 Å². The molecule has 0 aliphatic carbocycles. The summed E-state index contributed by atoms with van der Waals surface area (Å²) in [6.07, 6.45) is 0. The van der Waals surface area contributed by atoms with E-state index in [-0.39, 0.29) is 5.02 Å². The maximum Gasteiger partial charge on any atom is 0.145 e. The normalized spacial score (nSPS) is 10.7. The number of rotatable bonds is 4. The number of benzene rings is 1. The van der Waals surface area contributed by atoms with E-state index in [1.807, 2.05) is 12.1 Å². The van der Waals surface area contributed by atoms with Crippen LogP contribution >= 0.6 is 38.9 Å². The first-order valence-corrected chi connectivity index (χ1v) is 7.14. The summed E-state index contributed by atoms with van der Waals surface area (Å²) < 4.78 is 19.5. The molecule has 0 bridgehead atoms. The van der Waals surface area contributed by atoms with Gasteiger partial charge in [0, 0.05) is 22.4 Å². The highest BCUT2D eigenvalue weighted by Gasteiger charge is 2.08. The summed E-state index contributed by atoms with van der Waals surface area (Å²) in [7, 11) is 0. The predicted molar refractivity (Wildman–Crippen MR) is 75.7 cm³/mol. The van der Waals surface area contributed by atoms with Crippen molar-refractivity contribution in [2.24, 2.45) is 5.73 Å². The third-order valence-electron chi connectivity index (χ3n) is 2.26. The van der Waals surface area contributed by atoms with Crippen molar-refractivity contribution >= 4 is 38.9 Å². The molecule has 6 heteroatoms. The second-order valence-electron chi connectivity index (χ2n) is 3.56. The molecule has 2 rings (SSSR count). The zero-order chi connectivity index (χ0) is 13.1. The molecule has 0 aliphatic heterocycles. The van der Waals surface area contributed by atoms with E-state index < -0.39 is 5.82 Å². The lowest BCUT2D eigenvalue weighted by molar-refractivity contribution is 0.306. The first kappa shape index (κ1) is 13.8. The summed E-state index contributed by atoms with van der Waals surface area (Å²) in [5, 5.41) is 0.0655. The molecule has 1 aromatic heterocycles. The zero-order valence-electron chi connectivity index (χ0n) is 9.25. The van der Waals surface area contributed by atoms with E-state index in [1.54, 1.807) is 11.3 Å². The molecule has 0 spiro atoms. The minimum Gasteiger partial charge on any atom is -0.487 e. The standard InChI is InChI=1S/C12H10BrClFNOS/c13-9-3-10(14)11(15)4-12(9)17-6-8-2-1-7(5-16)18-8/h1-4H,5-6,16H2. The summed E-state index contributed by atoms with van der Waals surface area (Å²) in [6, 6.07) is 6.66. The SMILES string of the molecule is NCc1ccc(COc2cc(F)c(Cl)cc2Br)s1. The molecule has 2 nitrogen and oxygen atoms in total. The van der Waals surface area contributed by atoms with E-state index in [1.165, 1.54) is 12.1 Å². The first-order valence-electron chi connectivity index (χ1n) is 5.15. The van der Waals surface area contributed by atoms with Crippen LogP contribution in [0.4, 0.5) is 4.39 Å². The topological polar surface area (TPSA) is 35.2 Å². The molecule has 0 saturated carbocycles. The maximum absolute atomic E-state index is 13.3. The van der Waals surface area contributed by atoms with E-state index in [2.05, 4.69) is 15.9 Å². The van der Waals surface area contributed by atoms with Crippen molar-refractivity contribution in [3.63, 3.8) is 0 Å². The van der Waals surface area contributed by atoms with E-state index >= 15 is 0 Å². The highest BCUT2D eigenvalue weighted by molar-refractivity contribution is 9.10. The van der Waals surface area contributed by atoms with Gasteiger partial charge in [0.25, 0.3) is 0 Å². The lowest BCUT2D eigenvalue weighted by Crippen LogP contribution is -1.95. The molecule has 96 valence electrons. The van der Waals surface area contributed by atoms with Crippen molar-refractivity contribution in [3.05, 3.63) is 49.3 Å². The smallest absolute Gasteiger partial charge is 0.145 e. The number of ether oxygens (including phenoxy) is 1.